The number of hydrogen-bond donors (Lipinski definition) is 1. The van der Waals surface area contributed by atoms with Crippen molar-refractivity contribution in [2.45, 2.75) is 44.6 Å². The lowest BCUT2D eigenvalue weighted by Gasteiger charge is -2.34. The Kier molecular flexibility index (Phi) is 6.24. The van der Waals surface area contributed by atoms with Gasteiger partial charge >= 0.3 is 0 Å². The molecule has 1 saturated carbocycles. The number of nitrogens with two attached hydrogens (primary N) is 1. The van der Waals surface area contributed by atoms with E-state index in [1.54, 1.807) is 22.6 Å². The van der Waals surface area contributed by atoms with Crippen molar-refractivity contribution in [3.63, 3.8) is 0 Å². The summed E-state index contributed by atoms with van der Waals surface area (Å²) in [6.07, 6.45) is 7.17. The third-order valence-corrected chi connectivity index (χ3v) is 8.64. The summed E-state index contributed by atoms with van der Waals surface area (Å²) in [6.45, 7) is 1.24. The Balaban J connectivity index is 1.61. The first-order valence-corrected chi connectivity index (χ1v) is 13.0. The topological polar surface area (TPSA) is 88.6 Å². The van der Waals surface area contributed by atoms with Gasteiger partial charge in [-0.25, -0.2) is 0 Å². The Hall–Kier alpha value is -2.65. The molecular formula is C25H28N4O3S2. The maximum atomic E-state index is 13.6. The number of nitrogens with zero attached hydrogens (tertiary/aromatic N) is 3. The Bertz CT molecular complexity index is 1270. The number of para-hydroxylation sites is 1. The van der Waals surface area contributed by atoms with E-state index in [2.05, 4.69) is 4.90 Å². The maximum absolute atomic E-state index is 13.6. The Morgan fingerprint density at radius 2 is 1.79 bits per heavy atom. The second-order valence-corrected chi connectivity index (χ2v) is 11.0. The number of primary amides is 1. The standard InChI is InChI=1S/C25H28N4O3S2/c1-27-19-9-5-4-8-17(19)21(28-12-10-15(11-13-28)22(26)30)18(23(27)31)14-20-24(32)29(25(33)34-20)16-6-2-3-7-16/h4-5,8-9,14-16H,2-3,6-7,10-13H2,1H3,(H2,26,30). The van der Waals surface area contributed by atoms with E-state index in [1.807, 2.05) is 24.3 Å². The number of thiocarbonyl (C=S) groups is 1. The SMILES string of the molecule is Cn1c(=O)c(C=C2SC(=S)N(C3CCCC3)C2=O)c(N2CCC(C(N)=O)CC2)c2ccccc21. The van der Waals surface area contributed by atoms with Crippen molar-refractivity contribution in [1.29, 1.82) is 0 Å². The number of aromatic nitrogens is 1. The maximum Gasteiger partial charge on any atom is 0.266 e. The molecule has 2 amide bonds. The number of pyridine rings is 1. The quantitative estimate of drug-likeness (QED) is 0.516. The highest BCUT2D eigenvalue weighted by atomic mass is 32.2. The largest absolute Gasteiger partial charge is 0.370 e. The van der Waals surface area contributed by atoms with Crippen molar-refractivity contribution in [3.05, 3.63) is 45.1 Å². The van der Waals surface area contributed by atoms with E-state index in [0.29, 0.717) is 40.7 Å². The molecule has 0 unspecified atom stereocenters. The highest BCUT2D eigenvalue weighted by Crippen LogP contribution is 2.40. The van der Waals surface area contributed by atoms with Crippen LogP contribution in [0.1, 0.15) is 44.1 Å². The monoisotopic (exact) mass is 496 g/mol. The molecule has 34 heavy (non-hydrogen) atoms. The molecule has 2 N–H and O–H groups in total. The lowest BCUT2D eigenvalue weighted by atomic mass is 9.94. The number of fused-ring (bicyclic) bond motifs is 1. The molecule has 2 aromatic rings. The number of thioether (sulfide) groups is 1. The molecule has 0 spiro atoms. The minimum Gasteiger partial charge on any atom is -0.370 e. The van der Waals surface area contributed by atoms with Gasteiger partial charge in [-0.05, 0) is 37.8 Å². The number of hydrogen-bond acceptors (Lipinski definition) is 6. The first-order chi connectivity index (χ1) is 16.4. The van der Waals surface area contributed by atoms with Crippen molar-refractivity contribution in [1.82, 2.24) is 9.47 Å². The van der Waals surface area contributed by atoms with Crippen LogP contribution in [0.4, 0.5) is 5.69 Å². The molecule has 9 heteroatoms. The van der Waals surface area contributed by atoms with Crippen molar-refractivity contribution >= 4 is 62.8 Å². The second kappa shape index (κ2) is 9.19. The van der Waals surface area contributed by atoms with E-state index in [9.17, 15) is 14.4 Å². The van der Waals surface area contributed by atoms with Gasteiger partial charge in [0.15, 0.2) is 0 Å². The van der Waals surface area contributed by atoms with Crippen molar-refractivity contribution in [2.24, 2.45) is 18.7 Å². The smallest absolute Gasteiger partial charge is 0.266 e. The van der Waals surface area contributed by atoms with Crippen LogP contribution in [0.25, 0.3) is 17.0 Å². The molecule has 5 rings (SSSR count). The summed E-state index contributed by atoms with van der Waals surface area (Å²) in [5.74, 6) is -0.528. The summed E-state index contributed by atoms with van der Waals surface area (Å²) >= 11 is 6.85. The second-order valence-electron chi connectivity index (χ2n) is 9.30. The van der Waals surface area contributed by atoms with Crippen LogP contribution in [-0.4, -0.2) is 44.7 Å². The van der Waals surface area contributed by atoms with E-state index < -0.39 is 0 Å². The van der Waals surface area contributed by atoms with E-state index >= 15 is 0 Å². The number of carbonyl (C=O) groups excluding carboxylic acids is 2. The molecule has 0 atom stereocenters. The van der Waals surface area contributed by atoms with Gasteiger partial charge in [0, 0.05) is 37.5 Å². The van der Waals surface area contributed by atoms with Crippen LogP contribution in [0, 0.1) is 5.92 Å². The molecule has 2 saturated heterocycles. The predicted octanol–water partition coefficient (Wildman–Crippen LogP) is 3.38. The third kappa shape index (κ3) is 3.94. The van der Waals surface area contributed by atoms with Gasteiger partial charge in [0.25, 0.3) is 11.5 Å². The minimum atomic E-state index is -0.274. The summed E-state index contributed by atoms with van der Waals surface area (Å²) < 4.78 is 2.21. The molecule has 3 aliphatic rings. The zero-order chi connectivity index (χ0) is 24.0. The molecule has 1 aromatic carbocycles. The highest BCUT2D eigenvalue weighted by molar-refractivity contribution is 8.26. The van der Waals surface area contributed by atoms with E-state index in [1.165, 1.54) is 11.8 Å². The highest BCUT2D eigenvalue weighted by Gasteiger charge is 2.38. The molecule has 178 valence electrons. The fraction of sp³-hybridized carbons (Fsp3) is 0.440. The molecule has 0 radical (unpaired) electrons. The lowest BCUT2D eigenvalue weighted by Crippen LogP contribution is -2.40. The normalized spacial score (nSPS) is 21.4. The van der Waals surface area contributed by atoms with Crippen LogP contribution in [0.3, 0.4) is 0 Å². The van der Waals surface area contributed by atoms with Crippen LogP contribution >= 0.6 is 24.0 Å². The molecule has 1 aromatic heterocycles. The predicted molar refractivity (Wildman–Crippen MR) is 141 cm³/mol. The fourth-order valence-electron chi connectivity index (χ4n) is 5.45. The van der Waals surface area contributed by atoms with Crippen molar-refractivity contribution < 1.29 is 9.59 Å². The van der Waals surface area contributed by atoms with Crippen molar-refractivity contribution in [3.8, 4) is 0 Å². The summed E-state index contributed by atoms with van der Waals surface area (Å²) in [6, 6.07) is 7.96. The number of anilines is 1. The molecule has 7 nitrogen and oxygen atoms in total. The van der Waals surface area contributed by atoms with Crippen LogP contribution in [-0.2, 0) is 16.6 Å². The van der Waals surface area contributed by atoms with Gasteiger partial charge in [-0.3, -0.25) is 19.3 Å². The van der Waals surface area contributed by atoms with E-state index in [4.69, 9.17) is 18.0 Å². The minimum absolute atomic E-state index is 0.101. The summed E-state index contributed by atoms with van der Waals surface area (Å²) in [5.41, 5.74) is 7.52. The van der Waals surface area contributed by atoms with Gasteiger partial charge in [0.1, 0.15) is 4.32 Å². The fourth-order valence-corrected chi connectivity index (χ4v) is 6.83. The first-order valence-electron chi connectivity index (χ1n) is 11.8. The zero-order valence-electron chi connectivity index (χ0n) is 19.2. The van der Waals surface area contributed by atoms with Crippen molar-refractivity contribution in [2.75, 3.05) is 18.0 Å². The van der Waals surface area contributed by atoms with Crippen LogP contribution in [0.2, 0.25) is 0 Å². The van der Waals surface area contributed by atoms with E-state index in [-0.39, 0.29) is 29.3 Å². The van der Waals surface area contributed by atoms with Gasteiger partial charge < -0.3 is 15.2 Å². The van der Waals surface area contributed by atoms with Crippen LogP contribution in [0.5, 0.6) is 0 Å². The summed E-state index contributed by atoms with van der Waals surface area (Å²) in [7, 11) is 1.76. The number of aryl methyl sites for hydroxylation is 1. The van der Waals surface area contributed by atoms with Gasteiger partial charge in [-0.15, -0.1) is 0 Å². The first kappa shape index (κ1) is 23.1. The molecule has 3 fully saturated rings. The average Bonchev–Trinajstić information content (AvgIpc) is 3.45. The molecular weight excluding hydrogens is 468 g/mol. The van der Waals surface area contributed by atoms with Gasteiger partial charge in [-0.1, -0.05) is 55.0 Å². The number of benzene rings is 1. The average molecular weight is 497 g/mol. The Morgan fingerprint density at radius 1 is 1.12 bits per heavy atom. The lowest BCUT2D eigenvalue weighted by molar-refractivity contribution is -0.124. The molecule has 0 bridgehead atoms. The van der Waals surface area contributed by atoms with Crippen LogP contribution in [0.15, 0.2) is 34.0 Å². The number of amides is 2. The third-order valence-electron chi connectivity index (χ3n) is 7.31. The number of rotatable bonds is 4. The van der Waals surface area contributed by atoms with Gasteiger partial charge in [0.2, 0.25) is 5.91 Å². The Morgan fingerprint density at radius 3 is 2.47 bits per heavy atom. The number of carbonyl (C=O) groups is 2. The van der Waals surface area contributed by atoms with Gasteiger partial charge in [-0.2, -0.15) is 0 Å². The van der Waals surface area contributed by atoms with Gasteiger partial charge in [0.05, 0.1) is 21.7 Å². The Labute approximate surface area is 208 Å². The molecule has 3 heterocycles. The number of piperidine rings is 1. The molecule has 2 aliphatic heterocycles. The summed E-state index contributed by atoms with van der Waals surface area (Å²) in [5, 5.41) is 0.944. The molecule has 1 aliphatic carbocycles. The van der Waals surface area contributed by atoms with Crippen LogP contribution < -0.4 is 16.2 Å². The van der Waals surface area contributed by atoms with E-state index in [0.717, 1.165) is 42.3 Å². The summed E-state index contributed by atoms with van der Waals surface area (Å²) in [4.78, 5) is 43.0. The zero-order valence-corrected chi connectivity index (χ0v) is 20.8.